The molecular weight excluding hydrogens is 637 g/mol. The van der Waals surface area contributed by atoms with E-state index in [0.717, 1.165) is 34.1 Å². The summed E-state index contributed by atoms with van der Waals surface area (Å²) >= 11 is 1.87. The summed E-state index contributed by atoms with van der Waals surface area (Å²) in [6.07, 6.45) is 0. The summed E-state index contributed by atoms with van der Waals surface area (Å²) < 4.78 is 0. The van der Waals surface area contributed by atoms with E-state index in [2.05, 4.69) is 204 Å². The van der Waals surface area contributed by atoms with Crippen molar-refractivity contribution < 1.29 is 0 Å². The molecule has 0 spiro atoms. The van der Waals surface area contributed by atoms with Gasteiger partial charge in [0.1, 0.15) is 0 Å². The number of para-hydroxylation sites is 3. The molecule has 0 atom stereocenters. The van der Waals surface area contributed by atoms with E-state index in [1.807, 2.05) is 11.8 Å². The fourth-order valence-electron chi connectivity index (χ4n) is 7.62. The van der Waals surface area contributed by atoms with Crippen LogP contribution in [0.2, 0.25) is 0 Å². The highest BCUT2D eigenvalue weighted by Gasteiger charge is 2.23. The Hall–Kier alpha value is -6.29. The average molecular weight is 669 g/mol. The second-order valence-corrected chi connectivity index (χ2v) is 14.1. The number of hydrogen-bond acceptors (Lipinski definition) is 3. The van der Waals surface area contributed by atoms with Crippen LogP contribution in [0.3, 0.4) is 0 Å². The molecule has 0 unspecified atom stereocenters. The Bertz CT molecular complexity index is 2690. The van der Waals surface area contributed by atoms with Crippen LogP contribution in [-0.4, -0.2) is 0 Å². The maximum Gasteiger partial charge on any atom is 0.0473 e. The minimum atomic E-state index is 1.13. The molecule has 0 amide bonds. The highest BCUT2D eigenvalue weighted by atomic mass is 32.2. The van der Waals surface area contributed by atoms with Gasteiger partial charge in [-0.15, -0.1) is 0 Å². The second-order valence-electron chi connectivity index (χ2n) is 13.0. The fraction of sp³-hybridized carbons (Fsp3) is 0. The molecular formula is C48H32N2S. The molecule has 9 aromatic rings. The molecule has 3 heteroatoms. The Labute approximate surface area is 301 Å². The highest BCUT2D eigenvalue weighted by molar-refractivity contribution is 7.99. The van der Waals surface area contributed by atoms with Crippen molar-refractivity contribution in [2.24, 2.45) is 0 Å². The van der Waals surface area contributed by atoms with Gasteiger partial charge >= 0.3 is 0 Å². The molecule has 1 heterocycles. The van der Waals surface area contributed by atoms with Crippen LogP contribution in [0.4, 0.5) is 34.1 Å². The van der Waals surface area contributed by atoms with Gasteiger partial charge in [0, 0.05) is 49.3 Å². The zero-order chi connectivity index (χ0) is 33.7. The molecule has 1 aliphatic heterocycles. The number of benzene rings is 9. The lowest BCUT2D eigenvalue weighted by Crippen LogP contribution is -2.10. The summed E-state index contributed by atoms with van der Waals surface area (Å²) in [6, 6.07) is 70.4. The minimum Gasteiger partial charge on any atom is -0.310 e. The molecule has 0 bridgehead atoms. The summed E-state index contributed by atoms with van der Waals surface area (Å²) in [5.41, 5.74) is 9.42. The predicted octanol–water partition coefficient (Wildman–Crippen LogP) is 14.2. The van der Waals surface area contributed by atoms with Gasteiger partial charge in [-0.3, -0.25) is 0 Å². The van der Waals surface area contributed by atoms with Crippen LogP contribution in [0.15, 0.2) is 204 Å². The Morgan fingerprint density at radius 3 is 1.53 bits per heavy atom. The minimum absolute atomic E-state index is 1.13. The zero-order valence-electron chi connectivity index (χ0n) is 27.8. The van der Waals surface area contributed by atoms with Gasteiger partial charge in [-0.25, -0.2) is 0 Å². The molecule has 1 aliphatic rings. The molecule has 9 aromatic carbocycles. The van der Waals surface area contributed by atoms with E-state index in [-0.39, 0.29) is 0 Å². The monoisotopic (exact) mass is 668 g/mol. The molecule has 10 rings (SSSR count). The molecule has 0 fully saturated rings. The predicted molar refractivity (Wildman–Crippen MR) is 218 cm³/mol. The molecule has 2 nitrogen and oxygen atoms in total. The molecule has 51 heavy (non-hydrogen) atoms. The fourth-order valence-corrected chi connectivity index (χ4v) is 8.79. The standard InChI is InChI=1S/C48H32N2S/c1-4-15-36(16-5-1)49(37-17-6-2-7-18-37)41-27-28-42-45-30-35-24-26-40(31-44(35)43-21-12-22-46(48(43)45)51-47(42)32-41)50(38-19-8-3-9-20-38)39-25-23-33-13-10-11-14-34(33)29-39/h1-32H. The topological polar surface area (TPSA) is 6.48 Å². The molecule has 240 valence electrons. The van der Waals surface area contributed by atoms with E-state index >= 15 is 0 Å². The average Bonchev–Trinajstić information content (AvgIpc) is 3.19. The van der Waals surface area contributed by atoms with E-state index in [0.29, 0.717) is 0 Å². The van der Waals surface area contributed by atoms with Crippen LogP contribution >= 0.6 is 11.8 Å². The zero-order valence-corrected chi connectivity index (χ0v) is 28.6. The third kappa shape index (κ3) is 5.13. The van der Waals surface area contributed by atoms with Gasteiger partial charge in [0.15, 0.2) is 0 Å². The smallest absolute Gasteiger partial charge is 0.0473 e. The van der Waals surface area contributed by atoms with Crippen molar-refractivity contribution >= 4 is 78.2 Å². The van der Waals surface area contributed by atoms with Gasteiger partial charge in [-0.2, -0.15) is 0 Å². The normalized spacial score (nSPS) is 11.8. The maximum absolute atomic E-state index is 2.40. The quantitative estimate of drug-likeness (QED) is 0.163. The molecule has 0 aliphatic carbocycles. The summed E-state index contributed by atoms with van der Waals surface area (Å²) in [7, 11) is 0. The maximum atomic E-state index is 2.40. The Kier molecular flexibility index (Phi) is 7.11. The van der Waals surface area contributed by atoms with Gasteiger partial charge in [-0.1, -0.05) is 121 Å². The van der Waals surface area contributed by atoms with Crippen molar-refractivity contribution in [3.63, 3.8) is 0 Å². The summed E-state index contributed by atoms with van der Waals surface area (Å²) in [5.74, 6) is 0. The van der Waals surface area contributed by atoms with Crippen LogP contribution in [0, 0.1) is 0 Å². The summed E-state index contributed by atoms with van der Waals surface area (Å²) in [5, 5.41) is 7.58. The lowest BCUT2D eigenvalue weighted by Gasteiger charge is -2.28. The number of fused-ring (bicyclic) bond motifs is 5. The van der Waals surface area contributed by atoms with E-state index in [4.69, 9.17) is 0 Å². The Morgan fingerprint density at radius 1 is 0.294 bits per heavy atom. The van der Waals surface area contributed by atoms with Crippen molar-refractivity contribution in [2.75, 3.05) is 9.80 Å². The number of nitrogens with zero attached hydrogens (tertiary/aromatic N) is 2. The van der Waals surface area contributed by atoms with Crippen molar-refractivity contribution in [3.05, 3.63) is 194 Å². The van der Waals surface area contributed by atoms with Gasteiger partial charge in [0.05, 0.1) is 0 Å². The van der Waals surface area contributed by atoms with Gasteiger partial charge in [0.2, 0.25) is 0 Å². The first-order valence-electron chi connectivity index (χ1n) is 17.3. The summed E-state index contributed by atoms with van der Waals surface area (Å²) in [6.45, 7) is 0. The van der Waals surface area contributed by atoms with Gasteiger partial charge in [-0.05, 0) is 123 Å². The van der Waals surface area contributed by atoms with Crippen molar-refractivity contribution in [1.82, 2.24) is 0 Å². The molecule has 0 saturated heterocycles. The van der Waals surface area contributed by atoms with Crippen LogP contribution in [-0.2, 0) is 0 Å². The van der Waals surface area contributed by atoms with Crippen molar-refractivity contribution in [2.45, 2.75) is 9.79 Å². The van der Waals surface area contributed by atoms with E-state index < -0.39 is 0 Å². The Morgan fingerprint density at radius 2 is 0.843 bits per heavy atom. The van der Waals surface area contributed by atoms with Crippen LogP contribution in [0.25, 0.3) is 43.4 Å². The first-order chi connectivity index (χ1) is 25.3. The van der Waals surface area contributed by atoms with Crippen LogP contribution < -0.4 is 9.80 Å². The van der Waals surface area contributed by atoms with E-state index in [9.17, 15) is 0 Å². The van der Waals surface area contributed by atoms with E-state index in [1.165, 1.54) is 53.2 Å². The van der Waals surface area contributed by atoms with E-state index in [1.54, 1.807) is 0 Å². The number of rotatable bonds is 6. The van der Waals surface area contributed by atoms with Gasteiger partial charge < -0.3 is 9.80 Å². The van der Waals surface area contributed by atoms with Crippen LogP contribution in [0.1, 0.15) is 0 Å². The molecule has 0 N–H and O–H groups in total. The largest absolute Gasteiger partial charge is 0.310 e. The lowest BCUT2D eigenvalue weighted by atomic mass is 9.92. The van der Waals surface area contributed by atoms with Crippen molar-refractivity contribution in [3.8, 4) is 11.1 Å². The molecule has 0 radical (unpaired) electrons. The van der Waals surface area contributed by atoms with Crippen molar-refractivity contribution in [1.29, 1.82) is 0 Å². The number of hydrogen-bond donors (Lipinski definition) is 0. The highest BCUT2D eigenvalue weighted by Crippen LogP contribution is 2.52. The first kappa shape index (κ1) is 29.6. The SMILES string of the molecule is c1ccc(N(c2ccccc2)c2ccc3c(c2)Sc2cccc4c2c-3cc2ccc(N(c3ccccc3)c3ccc5ccccc5c3)cc24)cc1. The Balaban J connectivity index is 1.12. The second kappa shape index (κ2) is 12.2. The van der Waals surface area contributed by atoms with Crippen LogP contribution in [0.5, 0.6) is 0 Å². The molecule has 0 saturated carbocycles. The molecule has 0 aromatic heterocycles. The summed E-state index contributed by atoms with van der Waals surface area (Å²) in [4.78, 5) is 7.28. The third-order valence-corrected chi connectivity index (χ3v) is 11.1. The first-order valence-corrected chi connectivity index (χ1v) is 18.2. The lowest BCUT2D eigenvalue weighted by molar-refractivity contribution is 1.26. The van der Waals surface area contributed by atoms with Gasteiger partial charge in [0.25, 0.3) is 0 Å². The third-order valence-electron chi connectivity index (χ3n) is 9.95. The number of anilines is 6.